The van der Waals surface area contributed by atoms with Crippen LogP contribution in [0.4, 0.5) is 0 Å². The molecule has 0 amide bonds. The summed E-state index contributed by atoms with van der Waals surface area (Å²) in [6.07, 6.45) is 1.60. The molecule has 2 aromatic rings. The van der Waals surface area contributed by atoms with Crippen molar-refractivity contribution in [1.82, 2.24) is 9.97 Å². The number of halogens is 2. The Hall–Kier alpha value is -0.930. The molecule has 0 aliphatic heterocycles. The van der Waals surface area contributed by atoms with Crippen LogP contribution in [0.1, 0.15) is 36.5 Å². The molecule has 0 saturated heterocycles. The smallest absolute Gasteiger partial charge is 0.147 e. The first-order valence-electron chi connectivity index (χ1n) is 6.72. The predicted molar refractivity (Wildman–Crippen MR) is 87.3 cm³/mol. The highest BCUT2D eigenvalue weighted by atomic mass is 79.9. The van der Waals surface area contributed by atoms with Crippen LogP contribution in [0.5, 0.6) is 0 Å². The van der Waals surface area contributed by atoms with Crippen molar-refractivity contribution in [1.29, 1.82) is 0 Å². The van der Waals surface area contributed by atoms with E-state index in [1.54, 1.807) is 0 Å². The highest BCUT2D eigenvalue weighted by Gasteiger charge is 2.12. The fourth-order valence-corrected chi connectivity index (χ4v) is 2.55. The third kappa shape index (κ3) is 4.03. The van der Waals surface area contributed by atoms with E-state index < -0.39 is 0 Å². The van der Waals surface area contributed by atoms with E-state index in [1.807, 2.05) is 0 Å². The van der Waals surface area contributed by atoms with Crippen LogP contribution in [0.2, 0.25) is 5.15 Å². The van der Waals surface area contributed by atoms with Gasteiger partial charge >= 0.3 is 0 Å². The predicted octanol–water partition coefficient (Wildman–Crippen LogP) is 4.99. The fourth-order valence-electron chi connectivity index (χ4n) is 2.00. The van der Waals surface area contributed by atoms with Crippen LogP contribution in [-0.2, 0) is 12.8 Å². The molecular weight excluding hydrogens is 336 g/mol. The number of nitrogens with zero attached hydrogens (tertiary/aromatic N) is 2. The lowest BCUT2D eigenvalue weighted by Crippen LogP contribution is -2.05. The minimum absolute atomic E-state index is 0.498. The molecule has 20 heavy (non-hydrogen) atoms. The van der Waals surface area contributed by atoms with Crippen LogP contribution in [0.15, 0.2) is 28.7 Å². The summed E-state index contributed by atoms with van der Waals surface area (Å²) >= 11 is 9.68. The van der Waals surface area contributed by atoms with Crippen molar-refractivity contribution in [2.24, 2.45) is 5.92 Å². The van der Waals surface area contributed by atoms with E-state index in [2.05, 4.69) is 70.9 Å². The van der Waals surface area contributed by atoms with Gasteiger partial charge < -0.3 is 0 Å². The molecule has 0 fully saturated rings. The van der Waals surface area contributed by atoms with Crippen molar-refractivity contribution in [2.75, 3.05) is 0 Å². The summed E-state index contributed by atoms with van der Waals surface area (Å²) in [6, 6.07) is 8.42. The molecule has 0 spiro atoms. The second kappa shape index (κ2) is 6.68. The number of hydrogen-bond acceptors (Lipinski definition) is 2. The fraction of sp³-hybridized carbons (Fsp3) is 0.375. The van der Waals surface area contributed by atoms with Crippen molar-refractivity contribution >= 4 is 27.5 Å². The maximum atomic E-state index is 6.20. The first-order chi connectivity index (χ1) is 9.45. The zero-order valence-electron chi connectivity index (χ0n) is 12.0. The Balaban J connectivity index is 2.27. The molecule has 2 nitrogen and oxygen atoms in total. The normalized spacial score (nSPS) is 11.1. The highest BCUT2D eigenvalue weighted by molar-refractivity contribution is 9.10. The molecular formula is C16H18BrClN2. The molecule has 0 bridgehead atoms. The minimum atomic E-state index is 0.498. The van der Waals surface area contributed by atoms with Gasteiger partial charge in [0, 0.05) is 6.42 Å². The average Bonchev–Trinajstić information content (AvgIpc) is 2.37. The highest BCUT2D eigenvalue weighted by Crippen LogP contribution is 2.26. The van der Waals surface area contributed by atoms with E-state index in [1.165, 1.54) is 11.1 Å². The van der Waals surface area contributed by atoms with Gasteiger partial charge in [0.2, 0.25) is 0 Å². The Bertz CT molecular complexity index is 594. The van der Waals surface area contributed by atoms with Crippen molar-refractivity contribution in [3.63, 3.8) is 0 Å². The van der Waals surface area contributed by atoms with Gasteiger partial charge in [-0.05, 0) is 40.8 Å². The lowest BCUT2D eigenvalue weighted by molar-refractivity contribution is 0.628. The van der Waals surface area contributed by atoms with E-state index in [0.29, 0.717) is 17.5 Å². The van der Waals surface area contributed by atoms with E-state index in [-0.39, 0.29) is 0 Å². The Labute approximate surface area is 133 Å². The second-order valence-electron chi connectivity index (χ2n) is 5.45. The molecule has 1 aromatic heterocycles. The Morgan fingerprint density at radius 2 is 1.80 bits per heavy atom. The van der Waals surface area contributed by atoms with E-state index in [0.717, 1.165) is 22.4 Å². The maximum absolute atomic E-state index is 6.20. The third-order valence-electron chi connectivity index (χ3n) is 3.01. The molecule has 0 aliphatic rings. The molecule has 4 heteroatoms. The van der Waals surface area contributed by atoms with E-state index in [4.69, 9.17) is 11.6 Å². The summed E-state index contributed by atoms with van der Waals surface area (Å²) in [7, 11) is 0. The van der Waals surface area contributed by atoms with E-state index >= 15 is 0 Å². The summed E-state index contributed by atoms with van der Waals surface area (Å²) in [6.45, 7) is 6.42. The van der Waals surface area contributed by atoms with Crippen molar-refractivity contribution < 1.29 is 0 Å². The van der Waals surface area contributed by atoms with Gasteiger partial charge in [-0.15, -0.1) is 0 Å². The van der Waals surface area contributed by atoms with Gasteiger partial charge in [-0.1, -0.05) is 55.3 Å². The Morgan fingerprint density at radius 1 is 1.15 bits per heavy atom. The lowest BCUT2D eigenvalue weighted by atomic mass is 10.1. The lowest BCUT2D eigenvalue weighted by Gasteiger charge is -2.10. The Kier molecular flexibility index (Phi) is 5.17. The molecule has 2 rings (SSSR count). The Morgan fingerprint density at radius 3 is 2.40 bits per heavy atom. The molecule has 106 valence electrons. The quantitative estimate of drug-likeness (QED) is 0.724. The number of benzene rings is 1. The molecule has 0 radical (unpaired) electrons. The van der Waals surface area contributed by atoms with Crippen LogP contribution >= 0.6 is 27.5 Å². The molecule has 0 saturated carbocycles. The second-order valence-corrected chi connectivity index (χ2v) is 6.60. The number of rotatable bonds is 4. The number of hydrogen-bond donors (Lipinski definition) is 0. The standard InChI is InChI=1S/C16H18BrClN2/c1-10(2)8-13-15(17)16(18)20-14(19-13)9-12-6-4-11(3)5-7-12/h4-7,10H,8-9H2,1-3H3. The van der Waals surface area contributed by atoms with Gasteiger partial charge in [-0.2, -0.15) is 0 Å². The van der Waals surface area contributed by atoms with Crippen LogP contribution in [0, 0.1) is 12.8 Å². The van der Waals surface area contributed by atoms with Gasteiger partial charge in [0.1, 0.15) is 11.0 Å². The molecule has 0 atom stereocenters. The largest absolute Gasteiger partial charge is 0.236 e. The van der Waals surface area contributed by atoms with Crippen LogP contribution < -0.4 is 0 Å². The zero-order chi connectivity index (χ0) is 14.7. The summed E-state index contributed by atoms with van der Waals surface area (Å²) in [5.74, 6) is 1.31. The summed E-state index contributed by atoms with van der Waals surface area (Å²) in [4.78, 5) is 9.01. The van der Waals surface area contributed by atoms with Gasteiger partial charge in [-0.3, -0.25) is 0 Å². The summed E-state index contributed by atoms with van der Waals surface area (Å²) < 4.78 is 0.820. The number of aromatic nitrogens is 2. The van der Waals surface area contributed by atoms with Crippen LogP contribution in [-0.4, -0.2) is 9.97 Å². The van der Waals surface area contributed by atoms with Crippen molar-refractivity contribution in [3.8, 4) is 0 Å². The third-order valence-corrected chi connectivity index (χ3v) is 4.35. The van der Waals surface area contributed by atoms with Crippen molar-refractivity contribution in [3.05, 3.63) is 56.5 Å². The minimum Gasteiger partial charge on any atom is -0.236 e. The number of aryl methyl sites for hydroxylation is 1. The first kappa shape index (κ1) is 15.5. The topological polar surface area (TPSA) is 25.8 Å². The van der Waals surface area contributed by atoms with Gasteiger partial charge in [0.15, 0.2) is 0 Å². The molecule has 1 heterocycles. The summed E-state index contributed by atoms with van der Waals surface area (Å²) in [5.41, 5.74) is 3.44. The molecule has 0 unspecified atom stereocenters. The SMILES string of the molecule is Cc1ccc(Cc2nc(Cl)c(Br)c(CC(C)C)n2)cc1. The van der Waals surface area contributed by atoms with Crippen LogP contribution in [0.3, 0.4) is 0 Å². The molecule has 0 N–H and O–H groups in total. The van der Waals surface area contributed by atoms with Crippen LogP contribution in [0.25, 0.3) is 0 Å². The van der Waals surface area contributed by atoms with Gasteiger partial charge in [0.25, 0.3) is 0 Å². The first-order valence-corrected chi connectivity index (χ1v) is 7.89. The molecule has 0 aliphatic carbocycles. The van der Waals surface area contributed by atoms with Gasteiger partial charge in [-0.25, -0.2) is 9.97 Å². The summed E-state index contributed by atoms with van der Waals surface area (Å²) in [5, 5.41) is 0.498. The molecule has 1 aromatic carbocycles. The average molecular weight is 354 g/mol. The monoisotopic (exact) mass is 352 g/mol. The van der Waals surface area contributed by atoms with E-state index in [9.17, 15) is 0 Å². The van der Waals surface area contributed by atoms with Gasteiger partial charge in [0.05, 0.1) is 10.2 Å². The zero-order valence-corrected chi connectivity index (χ0v) is 14.3. The van der Waals surface area contributed by atoms with Crippen molar-refractivity contribution in [2.45, 2.75) is 33.6 Å². The maximum Gasteiger partial charge on any atom is 0.147 e.